The molecular formula is C13H21N3O4. The smallest absolute Gasteiger partial charge is 0.326 e. The van der Waals surface area contributed by atoms with Gasteiger partial charge in [0.25, 0.3) is 0 Å². The minimum Gasteiger partial charge on any atom is -0.480 e. The van der Waals surface area contributed by atoms with Crippen LogP contribution in [0.15, 0.2) is 0 Å². The van der Waals surface area contributed by atoms with E-state index in [1.807, 2.05) is 6.92 Å². The molecule has 3 unspecified atom stereocenters. The summed E-state index contributed by atoms with van der Waals surface area (Å²) in [6.45, 7) is 3.03. The van der Waals surface area contributed by atoms with Crippen LogP contribution in [0.5, 0.6) is 0 Å². The summed E-state index contributed by atoms with van der Waals surface area (Å²) >= 11 is 0. The lowest BCUT2D eigenvalue weighted by Crippen LogP contribution is -2.58. The van der Waals surface area contributed by atoms with Crippen molar-refractivity contribution < 1.29 is 19.5 Å². The molecule has 0 aliphatic carbocycles. The lowest BCUT2D eigenvalue weighted by atomic mass is 9.92. The highest BCUT2D eigenvalue weighted by Crippen LogP contribution is 2.23. The first-order valence-corrected chi connectivity index (χ1v) is 7.06. The fourth-order valence-corrected chi connectivity index (χ4v) is 2.76. The van der Waals surface area contributed by atoms with E-state index in [9.17, 15) is 19.5 Å². The minimum atomic E-state index is -0.986. The molecule has 0 radical (unpaired) electrons. The lowest BCUT2D eigenvalue weighted by Gasteiger charge is -2.37. The summed E-state index contributed by atoms with van der Waals surface area (Å²) in [4.78, 5) is 36.4. The molecule has 3 amide bonds. The third-order valence-corrected chi connectivity index (χ3v) is 3.99. The number of carbonyl (C=O) groups excluding carboxylic acids is 2. The zero-order valence-corrected chi connectivity index (χ0v) is 11.6. The van der Waals surface area contributed by atoms with Gasteiger partial charge in [0.05, 0.1) is 0 Å². The second-order valence-corrected chi connectivity index (χ2v) is 5.61. The van der Waals surface area contributed by atoms with Gasteiger partial charge in [0.2, 0.25) is 5.91 Å². The van der Waals surface area contributed by atoms with Crippen molar-refractivity contribution >= 4 is 17.9 Å². The van der Waals surface area contributed by atoms with E-state index in [-0.39, 0.29) is 11.8 Å². The Morgan fingerprint density at radius 2 is 2.15 bits per heavy atom. The quantitative estimate of drug-likeness (QED) is 0.672. The maximum absolute atomic E-state index is 12.2. The van der Waals surface area contributed by atoms with Gasteiger partial charge >= 0.3 is 12.0 Å². The SMILES string of the molecule is CC1CCN(C(=O)NC2CCCNC2=O)C(C(=O)O)C1. The molecule has 0 bridgehead atoms. The number of carboxylic acids is 1. The van der Waals surface area contributed by atoms with Crippen LogP contribution in [-0.2, 0) is 9.59 Å². The first-order chi connectivity index (χ1) is 9.49. The molecule has 3 atom stereocenters. The predicted octanol–water partition coefficient (Wildman–Crippen LogP) is 0.160. The minimum absolute atomic E-state index is 0.193. The van der Waals surface area contributed by atoms with Crippen molar-refractivity contribution in [1.29, 1.82) is 0 Å². The molecule has 2 heterocycles. The van der Waals surface area contributed by atoms with Gasteiger partial charge < -0.3 is 20.6 Å². The molecule has 7 nitrogen and oxygen atoms in total. The first-order valence-electron chi connectivity index (χ1n) is 7.06. The van der Waals surface area contributed by atoms with Gasteiger partial charge in [-0.3, -0.25) is 4.79 Å². The van der Waals surface area contributed by atoms with Gasteiger partial charge in [0.15, 0.2) is 0 Å². The molecule has 2 saturated heterocycles. The second-order valence-electron chi connectivity index (χ2n) is 5.61. The molecule has 2 fully saturated rings. The average Bonchev–Trinajstić information content (AvgIpc) is 2.41. The van der Waals surface area contributed by atoms with Gasteiger partial charge in [-0.15, -0.1) is 0 Å². The van der Waals surface area contributed by atoms with E-state index in [0.29, 0.717) is 25.9 Å². The predicted molar refractivity (Wildman–Crippen MR) is 71.1 cm³/mol. The third-order valence-electron chi connectivity index (χ3n) is 3.99. The summed E-state index contributed by atoms with van der Waals surface area (Å²) in [5.41, 5.74) is 0. The van der Waals surface area contributed by atoms with Crippen LogP contribution in [0.4, 0.5) is 4.79 Å². The van der Waals surface area contributed by atoms with Crippen LogP contribution < -0.4 is 10.6 Å². The fraction of sp³-hybridized carbons (Fsp3) is 0.769. The summed E-state index contributed by atoms with van der Waals surface area (Å²) in [5, 5.41) is 14.6. The van der Waals surface area contributed by atoms with Crippen LogP contribution in [0.1, 0.15) is 32.6 Å². The van der Waals surface area contributed by atoms with Gasteiger partial charge in [-0.25, -0.2) is 9.59 Å². The van der Waals surface area contributed by atoms with Crippen LogP contribution in [0.2, 0.25) is 0 Å². The maximum atomic E-state index is 12.2. The van der Waals surface area contributed by atoms with Gasteiger partial charge in [-0.2, -0.15) is 0 Å². The van der Waals surface area contributed by atoms with Crippen LogP contribution in [0.25, 0.3) is 0 Å². The molecule has 0 aromatic carbocycles. The highest BCUT2D eigenvalue weighted by atomic mass is 16.4. The second kappa shape index (κ2) is 6.11. The molecule has 2 aliphatic rings. The van der Waals surface area contributed by atoms with E-state index in [2.05, 4.69) is 10.6 Å². The molecule has 2 rings (SSSR count). The van der Waals surface area contributed by atoms with Crippen molar-refractivity contribution in [3.8, 4) is 0 Å². The van der Waals surface area contributed by atoms with E-state index in [1.165, 1.54) is 4.90 Å². The Bertz CT molecular complexity index is 412. The van der Waals surface area contributed by atoms with Crippen LogP contribution in [-0.4, -0.2) is 53.1 Å². The van der Waals surface area contributed by atoms with Crippen LogP contribution >= 0.6 is 0 Å². The number of hydrogen-bond acceptors (Lipinski definition) is 3. The Morgan fingerprint density at radius 1 is 1.40 bits per heavy atom. The Labute approximate surface area is 117 Å². The van der Waals surface area contributed by atoms with Crippen molar-refractivity contribution in [2.75, 3.05) is 13.1 Å². The number of amides is 3. The molecule has 0 saturated carbocycles. The topological polar surface area (TPSA) is 98.7 Å². The number of carbonyl (C=O) groups is 3. The molecule has 2 aliphatic heterocycles. The number of nitrogens with zero attached hydrogens (tertiary/aromatic N) is 1. The number of likely N-dealkylation sites (tertiary alicyclic amines) is 1. The number of carboxylic acid groups (broad SMARTS) is 1. The monoisotopic (exact) mass is 283 g/mol. The number of nitrogens with one attached hydrogen (secondary N) is 2. The van der Waals surface area contributed by atoms with E-state index in [0.717, 1.165) is 12.8 Å². The van der Waals surface area contributed by atoms with Crippen molar-refractivity contribution in [1.82, 2.24) is 15.5 Å². The first kappa shape index (κ1) is 14.6. The number of piperidine rings is 2. The molecule has 3 N–H and O–H groups in total. The standard InChI is InChI=1S/C13H21N3O4/c1-8-4-6-16(10(7-8)12(18)19)13(20)15-9-3-2-5-14-11(9)17/h8-10H,2-7H2,1H3,(H,14,17)(H,15,20)(H,18,19). The average molecular weight is 283 g/mol. The fourth-order valence-electron chi connectivity index (χ4n) is 2.76. The Hall–Kier alpha value is -1.79. The molecule has 7 heteroatoms. The number of aliphatic carboxylic acids is 1. The summed E-state index contributed by atoms with van der Waals surface area (Å²) in [7, 11) is 0. The van der Waals surface area contributed by atoms with Crippen molar-refractivity contribution in [3.05, 3.63) is 0 Å². The lowest BCUT2D eigenvalue weighted by molar-refractivity contribution is -0.143. The molecule has 0 aromatic heterocycles. The molecule has 0 aromatic rings. The summed E-state index contributed by atoms with van der Waals surface area (Å²) < 4.78 is 0. The molecule has 0 spiro atoms. The Balaban J connectivity index is 1.99. The van der Waals surface area contributed by atoms with Gasteiger partial charge in [0, 0.05) is 13.1 Å². The molecular weight excluding hydrogens is 262 g/mol. The van der Waals surface area contributed by atoms with Crippen molar-refractivity contribution in [3.63, 3.8) is 0 Å². The van der Waals surface area contributed by atoms with E-state index >= 15 is 0 Å². The largest absolute Gasteiger partial charge is 0.480 e. The van der Waals surface area contributed by atoms with Crippen LogP contribution in [0, 0.1) is 5.92 Å². The maximum Gasteiger partial charge on any atom is 0.326 e. The Morgan fingerprint density at radius 3 is 2.80 bits per heavy atom. The van der Waals surface area contributed by atoms with Crippen molar-refractivity contribution in [2.24, 2.45) is 5.92 Å². The molecule has 20 heavy (non-hydrogen) atoms. The van der Waals surface area contributed by atoms with Gasteiger partial charge in [0.1, 0.15) is 12.1 Å². The van der Waals surface area contributed by atoms with Crippen LogP contribution in [0.3, 0.4) is 0 Å². The summed E-state index contributed by atoms with van der Waals surface area (Å²) in [5.74, 6) is -0.889. The third kappa shape index (κ3) is 3.20. The van der Waals surface area contributed by atoms with Crippen molar-refractivity contribution in [2.45, 2.75) is 44.7 Å². The normalized spacial score (nSPS) is 30.6. The highest BCUT2D eigenvalue weighted by molar-refractivity contribution is 5.89. The van der Waals surface area contributed by atoms with E-state index < -0.39 is 24.1 Å². The number of hydrogen-bond donors (Lipinski definition) is 3. The Kier molecular flexibility index (Phi) is 4.46. The van der Waals surface area contributed by atoms with Gasteiger partial charge in [-0.05, 0) is 31.6 Å². The summed E-state index contributed by atoms with van der Waals surface area (Å²) in [6.07, 6.45) is 2.66. The highest BCUT2D eigenvalue weighted by Gasteiger charge is 2.36. The van der Waals surface area contributed by atoms with E-state index in [4.69, 9.17) is 0 Å². The van der Waals surface area contributed by atoms with E-state index in [1.54, 1.807) is 0 Å². The van der Waals surface area contributed by atoms with Gasteiger partial charge in [-0.1, -0.05) is 6.92 Å². The number of rotatable bonds is 2. The zero-order valence-electron chi connectivity index (χ0n) is 11.6. The number of urea groups is 1. The molecule has 112 valence electrons. The summed E-state index contributed by atoms with van der Waals surface area (Å²) in [6, 6.07) is -1.80. The zero-order chi connectivity index (χ0) is 14.7.